The monoisotopic (exact) mass is 297 g/mol. The second-order valence-electron chi connectivity index (χ2n) is 6.23. The lowest BCUT2D eigenvalue weighted by Crippen LogP contribution is -2.44. The molecule has 0 spiro atoms. The standard InChI is InChI=1S/C14H23N3O2S/c1-14(2,3)19-13(18)17-10(7-15)6-11-8-20-12(16-11)9-4-5-9/h8-10H,4-7,15H2,1-3H3,(H,17,18). The molecule has 1 aliphatic rings. The second-order valence-corrected chi connectivity index (χ2v) is 7.12. The Morgan fingerprint density at radius 1 is 1.60 bits per heavy atom. The van der Waals surface area contributed by atoms with Crippen LogP contribution >= 0.6 is 11.3 Å². The maximum absolute atomic E-state index is 11.7. The van der Waals surface area contributed by atoms with Crippen LogP contribution in [-0.2, 0) is 11.2 Å². The number of carbonyl (C=O) groups excluding carboxylic acids is 1. The highest BCUT2D eigenvalue weighted by molar-refractivity contribution is 7.09. The van der Waals surface area contributed by atoms with Crippen LogP contribution in [0, 0.1) is 0 Å². The van der Waals surface area contributed by atoms with E-state index in [-0.39, 0.29) is 6.04 Å². The molecule has 3 N–H and O–H groups in total. The van der Waals surface area contributed by atoms with Gasteiger partial charge in [0.05, 0.1) is 10.7 Å². The fraction of sp³-hybridized carbons (Fsp3) is 0.714. The van der Waals surface area contributed by atoms with E-state index >= 15 is 0 Å². The maximum atomic E-state index is 11.7. The van der Waals surface area contributed by atoms with Crippen LogP contribution in [0.15, 0.2) is 5.38 Å². The minimum Gasteiger partial charge on any atom is -0.444 e. The van der Waals surface area contributed by atoms with Gasteiger partial charge in [-0.1, -0.05) is 0 Å². The molecule has 0 aromatic carbocycles. The van der Waals surface area contributed by atoms with Crippen molar-refractivity contribution in [2.75, 3.05) is 6.54 Å². The molecule has 0 radical (unpaired) electrons. The Morgan fingerprint density at radius 2 is 2.30 bits per heavy atom. The minimum atomic E-state index is -0.497. The fourth-order valence-corrected chi connectivity index (χ4v) is 2.86. The Labute approximate surface area is 123 Å². The number of hydrogen-bond donors (Lipinski definition) is 2. The van der Waals surface area contributed by atoms with Gasteiger partial charge in [0, 0.05) is 30.3 Å². The largest absolute Gasteiger partial charge is 0.444 e. The highest BCUT2D eigenvalue weighted by Gasteiger charge is 2.27. The molecular formula is C14H23N3O2S. The topological polar surface area (TPSA) is 77.2 Å². The van der Waals surface area contributed by atoms with Crippen LogP contribution in [0.2, 0.25) is 0 Å². The number of nitrogens with zero attached hydrogens (tertiary/aromatic N) is 1. The van der Waals surface area contributed by atoms with E-state index in [1.54, 1.807) is 11.3 Å². The van der Waals surface area contributed by atoms with Crippen molar-refractivity contribution < 1.29 is 9.53 Å². The number of nitrogens with two attached hydrogens (primary N) is 1. The number of hydrogen-bond acceptors (Lipinski definition) is 5. The summed E-state index contributed by atoms with van der Waals surface area (Å²) in [6.45, 7) is 5.89. The zero-order chi connectivity index (χ0) is 14.8. The van der Waals surface area contributed by atoms with Gasteiger partial charge in [0.25, 0.3) is 0 Å². The molecule has 1 atom stereocenters. The van der Waals surface area contributed by atoms with Crippen molar-refractivity contribution in [1.82, 2.24) is 10.3 Å². The van der Waals surface area contributed by atoms with Gasteiger partial charge in [-0.3, -0.25) is 0 Å². The Bertz CT molecular complexity index is 463. The molecule has 1 saturated carbocycles. The zero-order valence-corrected chi connectivity index (χ0v) is 13.1. The molecule has 1 unspecified atom stereocenters. The van der Waals surface area contributed by atoms with E-state index in [9.17, 15) is 4.79 Å². The van der Waals surface area contributed by atoms with Crippen LogP contribution < -0.4 is 11.1 Å². The highest BCUT2D eigenvalue weighted by Crippen LogP contribution is 2.41. The molecule has 112 valence electrons. The number of aromatic nitrogens is 1. The summed E-state index contributed by atoms with van der Waals surface area (Å²) in [6.07, 6.45) is 2.73. The van der Waals surface area contributed by atoms with Gasteiger partial charge in [-0.15, -0.1) is 11.3 Å². The Morgan fingerprint density at radius 3 is 2.85 bits per heavy atom. The van der Waals surface area contributed by atoms with E-state index in [2.05, 4.69) is 15.7 Å². The summed E-state index contributed by atoms with van der Waals surface area (Å²) in [7, 11) is 0. The van der Waals surface area contributed by atoms with Gasteiger partial charge in [-0.25, -0.2) is 9.78 Å². The first kappa shape index (κ1) is 15.3. The molecule has 20 heavy (non-hydrogen) atoms. The van der Waals surface area contributed by atoms with E-state index in [0.29, 0.717) is 18.9 Å². The second kappa shape index (κ2) is 6.10. The van der Waals surface area contributed by atoms with Crippen LogP contribution in [0.3, 0.4) is 0 Å². The van der Waals surface area contributed by atoms with Crippen molar-refractivity contribution in [1.29, 1.82) is 0 Å². The average Bonchev–Trinajstić information content (AvgIpc) is 3.07. The zero-order valence-electron chi connectivity index (χ0n) is 12.3. The lowest BCUT2D eigenvalue weighted by Gasteiger charge is -2.22. The fourth-order valence-electron chi connectivity index (χ4n) is 1.85. The van der Waals surface area contributed by atoms with Gasteiger partial charge in [-0.05, 0) is 33.6 Å². The van der Waals surface area contributed by atoms with Crippen molar-refractivity contribution >= 4 is 17.4 Å². The molecule has 1 fully saturated rings. The minimum absolute atomic E-state index is 0.140. The molecular weight excluding hydrogens is 274 g/mol. The van der Waals surface area contributed by atoms with E-state index in [0.717, 1.165) is 5.69 Å². The summed E-state index contributed by atoms with van der Waals surface area (Å²) in [5.74, 6) is 0.670. The first-order valence-corrected chi connectivity index (χ1v) is 7.89. The van der Waals surface area contributed by atoms with Gasteiger partial charge in [0.1, 0.15) is 5.60 Å². The number of carbonyl (C=O) groups is 1. The van der Waals surface area contributed by atoms with E-state index in [4.69, 9.17) is 10.5 Å². The first-order chi connectivity index (χ1) is 9.37. The number of alkyl carbamates (subject to hydrolysis) is 1. The van der Waals surface area contributed by atoms with Gasteiger partial charge >= 0.3 is 6.09 Å². The Hall–Kier alpha value is -1.14. The van der Waals surface area contributed by atoms with Crippen LogP contribution in [0.5, 0.6) is 0 Å². The van der Waals surface area contributed by atoms with Gasteiger partial charge < -0.3 is 15.8 Å². The Kier molecular flexibility index (Phi) is 4.65. The van der Waals surface area contributed by atoms with Crippen molar-refractivity contribution in [2.45, 2.75) is 57.6 Å². The normalized spacial score (nSPS) is 16.8. The number of ether oxygens (including phenoxy) is 1. The predicted octanol–water partition coefficient (Wildman–Crippen LogP) is 2.42. The van der Waals surface area contributed by atoms with Crippen molar-refractivity contribution in [3.8, 4) is 0 Å². The van der Waals surface area contributed by atoms with Gasteiger partial charge in [0.2, 0.25) is 0 Å². The third-order valence-corrected chi connectivity index (χ3v) is 4.01. The first-order valence-electron chi connectivity index (χ1n) is 7.01. The molecule has 1 amide bonds. The highest BCUT2D eigenvalue weighted by atomic mass is 32.1. The van der Waals surface area contributed by atoms with Crippen LogP contribution in [0.4, 0.5) is 4.79 Å². The lowest BCUT2D eigenvalue weighted by atomic mass is 10.1. The average molecular weight is 297 g/mol. The predicted molar refractivity (Wildman–Crippen MR) is 80.0 cm³/mol. The number of amides is 1. The lowest BCUT2D eigenvalue weighted by molar-refractivity contribution is 0.0506. The molecule has 5 nitrogen and oxygen atoms in total. The van der Waals surface area contributed by atoms with Gasteiger partial charge in [-0.2, -0.15) is 0 Å². The molecule has 2 rings (SSSR count). The van der Waals surface area contributed by atoms with Crippen molar-refractivity contribution in [2.24, 2.45) is 5.73 Å². The SMILES string of the molecule is CC(C)(C)OC(=O)NC(CN)Cc1csc(C2CC2)n1. The third-order valence-electron chi connectivity index (χ3n) is 2.96. The summed E-state index contributed by atoms with van der Waals surface area (Å²) >= 11 is 1.71. The van der Waals surface area contributed by atoms with E-state index in [1.165, 1.54) is 17.8 Å². The molecule has 0 saturated heterocycles. The third kappa shape index (κ3) is 4.76. The smallest absolute Gasteiger partial charge is 0.407 e. The van der Waals surface area contributed by atoms with Crippen molar-refractivity contribution in [3.63, 3.8) is 0 Å². The van der Waals surface area contributed by atoms with Crippen LogP contribution in [0.1, 0.15) is 50.2 Å². The summed E-state index contributed by atoms with van der Waals surface area (Å²) < 4.78 is 5.24. The number of nitrogens with one attached hydrogen (secondary N) is 1. The molecule has 1 aromatic heterocycles. The van der Waals surface area contributed by atoms with Gasteiger partial charge in [0.15, 0.2) is 0 Å². The molecule has 0 bridgehead atoms. The maximum Gasteiger partial charge on any atom is 0.407 e. The molecule has 6 heteroatoms. The Balaban J connectivity index is 1.86. The molecule has 0 aliphatic heterocycles. The summed E-state index contributed by atoms with van der Waals surface area (Å²) in [6, 6.07) is -0.140. The quantitative estimate of drug-likeness (QED) is 0.875. The number of rotatable bonds is 5. The molecule has 1 aromatic rings. The van der Waals surface area contributed by atoms with E-state index < -0.39 is 11.7 Å². The molecule has 1 aliphatic carbocycles. The number of thiazole rings is 1. The van der Waals surface area contributed by atoms with E-state index in [1.807, 2.05) is 20.8 Å². The summed E-state index contributed by atoms with van der Waals surface area (Å²) in [5, 5.41) is 6.08. The summed E-state index contributed by atoms with van der Waals surface area (Å²) in [4.78, 5) is 16.3. The van der Waals surface area contributed by atoms with Crippen LogP contribution in [-0.4, -0.2) is 29.3 Å². The van der Waals surface area contributed by atoms with Crippen LogP contribution in [0.25, 0.3) is 0 Å². The van der Waals surface area contributed by atoms with Crippen molar-refractivity contribution in [3.05, 3.63) is 16.1 Å². The molecule has 1 heterocycles. The summed E-state index contributed by atoms with van der Waals surface area (Å²) in [5.41, 5.74) is 6.22.